The first-order valence-corrected chi connectivity index (χ1v) is 8.55. The number of carboxylic acid groups (broad SMARTS) is 1. The van der Waals surface area contributed by atoms with Gasteiger partial charge in [-0.1, -0.05) is 71.1 Å². The number of carbonyl (C=O) groups is 2. The lowest BCUT2D eigenvalue weighted by Crippen LogP contribution is -2.25. The highest BCUT2D eigenvalue weighted by Crippen LogP contribution is 2.16. The molecule has 1 amide bonds. The van der Waals surface area contributed by atoms with Crippen LogP contribution in [0.1, 0.15) is 84.0 Å². The molecule has 4 heteroatoms. The Morgan fingerprint density at radius 3 is 1.81 bits per heavy atom. The maximum Gasteiger partial charge on any atom is 0.307 e. The molecule has 0 aromatic heterocycles. The first-order chi connectivity index (χ1) is 10.1. The van der Waals surface area contributed by atoms with E-state index in [0.29, 0.717) is 6.42 Å². The first kappa shape index (κ1) is 19.9. The third-order valence-corrected chi connectivity index (χ3v) is 3.97. The fourth-order valence-electron chi connectivity index (χ4n) is 2.52. The Bertz CT molecular complexity index is 279. The van der Waals surface area contributed by atoms with E-state index in [2.05, 4.69) is 12.2 Å². The molecule has 0 aliphatic heterocycles. The lowest BCUT2D eigenvalue weighted by atomic mass is 9.96. The highest BCUT2D eigenvalue weighted by Gasteiger charge is 2.19. The molecule has 21 heavy (non-hydrogen) atoms. The van der Waals surface area contributed by atoms with Crippen molar-refractivity contribution in [2.75, 3.05) is 7.05 Å². The number of hydrogen-bond acceptors (Lipinski definition) is 2. The van der Waals surface area contributed by atoms with Crippen LogP contribution in [0.3, 0.4) is 0 Å². The molecule has 0 rings (SSSR count). The van der Waals surface area contributed by atoms with Gasteiger partial charge in [-0.2, -0.15) is 0 Å². The second kappa shape index (κ2) is 13.9. The number of carbonyl (C=O) groups excluding carboxylic acids is 1. The fraction of sp³-hybridized carbons (Fsp3) is 0.882. The van der Waals surface area contributed by atoms with E-state index in [9.17, 15) is 9.59 Å². The summed E-state index contributed by atoms with van der Waals surface area (Å²) in [6, 6.07) is 0. The lowest BCUT2D eigenvalue weighted by molar-refractivity contribution is -0.144. The summed E-state index contributed by atoms with van der Waals surface area (Å²) in [4.78, 5) is 22.3. The molecule has 1 unspecified atom stereocenters. The van der Waals surface area contributed by atoms with Crippen LogP contribution in [0.2, 0.25) is 0 Å². The van der Waals surface area contributed by atoms with Gasteiger partial charge in [-0.05, 0) is 6.42 Å². The summed E-state index contributed by atoms with van der Waals surface area (Å²) in [5.41, 5.74) is 0. The number of carboxylic acids is 1. The molecule has 0 aromatic carbocycles. The van der Waals surface area contributed by atoms with Crippen LogP contribution in [-0.4, -0.2) is 24.0 Å². The van der Waals surface area contributed by atoms with Crippen LogP contribution in [0.15, 0.2) is 0 Å². The predicted molar refractivity (Wildman–Crippen MR) is 86.3 cm³/mol. The second-order valence-corrected chi connectivity index (χ2v) is 5.88. The molecule has 4 nitrogen and oxygen atoms in total. The Morgan fingerprint density at radius 2 is 1.38 bits per heavy atom. The van der Waals surface area contributed by atoms with Gasteiger partial charge in [0.1, 0.15) is 0 Å². The van der Waals surface area contributed by atoms with Gasteiger partial charge in [0.05, 0.1) is 5.92 Å². The number of rotatable bonds is 14. The van der Waals surface area contributed by atoms with E-state index in [4.69, 9.17) is 5.11 Å². The molecule has 0 spiro atoms. The zero-order valence-corrected chi connectivity index (χ0v) is 13.8. The molecule has 0 heterocycles. The molecule has 0 radical (unpaired) electrons. The number of aliphatic carboxylic acids is 1. The summed E-state index contributed by atoms with van der Waals surface area (Å²) in [6.07, 6.45) is 13.1. The fourth-order valence-corrected chi connectivity index (χ4v) is 2.52. The van der Waals surface area contributed by atoms with Crippen LogP contribution in [0.5, 0.6) is 0 Å². The van der Waals surface area contributed by atoms with Crippen molar-refractivity contribution in [1.29, 1.82) is 0 Å². The summed E-state index contributed by atoms with van der Waals surface area (Å²) < 4.78 is 0. The number of hydrogen-bond donors (Lipinski definition) is 2. The van der Waals surface area contributed by atoms with Gasteiger partial charge in [-0.3, -0.25) is 9.59 Å². The summed E-state index contributed by atoms with van der Waals surface area (Å²) >= 11 is 0. The van der Waals surface area contributed by atoms with Gasteiger partial charge < -0.3 is 10.4 Å². The van der Waals surface area contributed by atoms with E-state index < -0.39 is 11.9 Å². The van der Waals surface area contributed by atoms with Crippen molar-refractivity contribution in [3.8, 4) is 0 Å². The highest BCUT2D eigenvalue weighted by atomic mass is 16.4. The van der Waals surface area contributed by atoms with Crippen molar-refractivity contribution in [3.05, 3.63) is 0 Å². The number of amides is 1. The van der Waals surface area contributed by atoms with Gasteiger partial charge in [-0.15, -0.1) is 0 Å². The SMILES string of the molecule is CCCCCCCCCCCCC(CC(=O)NC)C(=O)O. The van der Waals surface area contributed by atoms with Crippen LogP contribution in [-0.2, 0) is 9.59 Å². The minimum atomic E-state index is -0.852. The average Bonchev–Trinajstić information content (AvgIpc) is 2.47. The zero-order valence-electron chi connectivity index (χ0n) is 13.8. The number of unbranched alkanes of at least 4 members (excludes halogenated alkanes) is 9. The van der Waals surface area contributed by atoms with Crippen LogP contribution < -0.4 is 5.32 Å². The lowest BCUT2D eigenvalue weighted by Gasteiger charge is -2.11. The normalized spacial score (nSPS) is 12.1. The molecule has 124 valence electrons. The van der Waals surface area contributed by atoms with E-state index in [1.165, 1.54) is 51.4 Å². The monoisotopic (exact) mass is 299 g/mol. The Balaban J connectivity index is 3.50. The maximum absolute atomic E-state index is 11.2. The largest absolute Gasteiger partial charge is 0.481 e. The smallest absolute Gasteiger partial charge is 0.307 e. The molecule has 0 aliphatic rings. The van der Waals surface area contributed by atoms with Crippen LogP contribution in [0, 0.1) is 5.92 Å². The molecule has 2 N–H and O–H groups in total. The van der Waals surface area contributed by atoms with E-state index in [-0.39, 0.29) is 12.3 Å². The van der Waals surface area contributed by atoms with Crippen molar-refractivity contribution in [2.45, 2.75) is 84.0 Å². The maximum atomic E-state index is 11.2. The molecule has 0 saturated heterocycles. The summed E-state index contributed by atoms with van der Waals surface area (Å²) in [5.74, 6) is -1.57. The van der Waals surface area contributed by atoms with Crippen LogP contribution in [0.25, 0.3) is 0 Å². The summed E-state index contributed by atoms with van der Waals surface area (Å²) in [5, 5.41) is 11.6. The zero-order chi connectivity index (χ0) is 15.9. The second-order valence-electron chi connectivity index (χ2n) is 5.88. The Kier molecular flexibility index (Phi) is 13.2. The van der Waals surface area contributed by atoms with Gasteiger partial charge in [-0.25, -0.2) is 0 Å². The van der Waals surface area contributed by atoms with Crippen molar-refractivity contribution < 1.29 is 14.7 Å². The molecular formula is C17H33NO3. The first-order valence-electron chi connectivity index (χ1n) is 8.55. The molecule has 0 aromatic rings. The Labute approximate surface area is 129 Å². The van der Waals surface area contributed by atoms with Crippen LogP contribution >= 0.6 is 0 Å². The summed E-state index contributed by atoms with van der Waals surface area (Å²) in [7, 11) is 1.54. The van der Waals surface area contributed by atoms with Gasteiger partial charge in [0.15, 0.2) is 0 Å². The standard InChI is InChI=1S/C17H33NO3/c1-3-4-5-6-7-8-9-10-11-12-13-15(17(20)21)14-16(19)18-2/h15H,3-14H2,1-2H3,(H,18,19)(H,20,21). The molecule has 0 fully saturated rings. The van der Waals surface area contributed by atoms with E-state index >= 15 is 0 Å². The summed E-state index contributed by atoms with van der Waals surface area (Å²) in [6.45, 7) is 2.23. The Hall–Kier alpha value is -1.06. The number of nitrogens with one attached hydrogen (secondary N) is 1. The third kappa shape index (κ3) is 12.4. The van der Waals surface area contributed by atoms with Crippen LogP contribution in [0.4, 0.5) is 0 Å². The third-order valence-electron chi connectivity index (χ3n) is 3.97. The molecule has 0 saturated carbocycles. The molecule has 0 bridgehead atoms. The molecular weight excluding hydrogens is 266 g/mol. The van der Waals surface area contributed by atoms with Gasteiger partial charge in [0, 0.05) is 13.5 Å². The van der Waals surface area contributed by atoms with Crippen molar-refractivity contribution in [2.24, 2.45) is 5.92 Å². The highest BCUT2D eigenvalue weighted by molar-refractivity contribution is 5.81. The van der Waals surface area contributed by atoms with Gasteiger partial charge in [0.2, 0.25) is 5.91 Å². The minimum Gasteiger partial charge on any atom is -0.481 e. The van der Waals surface area contributed by atoms with Gasteiger partial charge in [0.25, 0.3) is 0 Å². The molecule has 0 aliphatic carbocycles. The van der Waals surface area contributed by atoms with E-state index in [0.717, 1.165) is 12.8 Å². The predicted octanol–water partition coefficient (Wildman–Crippen LogP) is 4.13. The van der Waals surface area contributed by atoms with Crippen molar-refractivity contribution in [3.63, 3.8) is 0 Å². The quantitative estimate of drug-likeness (QED) is 0.474. The van der Waals surface area contributed by atoms with E-state index in [1.54, 1.807) is 7.05 Å². The minimum absolute atomic E-state index is 0.100. The van der Waals surface area contributed by atoms with E-state index in [1.807, 2.05) is 0 Å². The molecule has 1 atom stereocenters. The Morgan fingerprint density at radius 1 is 0.905 bits per heavy atom. The average molecular weight is 299 g/mol. The van der Waals surface area contributed by atoms with Crippen molar-refractivity contribution in [1.82, 2.24) is 5.32 Å². The van der Waals surface area contributed by atoms with Gasteiger partial charge >= 0.3 is 5.97 Å². The van der Waals surface area contributed by atoms with Crippen molar-refractivity contribution >= 4 is 11.9 Å². The topological polar surface area (TPSA) is 66.4 Å².